The Morgan fingerprint density at radius 1 is 1.24 bits per heavy atom. The molecule has 0 radical (unpaired) electrons. The van der Waals surface area contributed by atoms with Crippen LogP contribution in [0.1, 0.15) is 30.0 Å². The first kappa shape index (κ1) is 15.8. The van der Waals surface area contributed by atoms with Gasteiger partial charge in [-0.3, -0.25) is 4.98 Å². The van der Waals surface area contributed by atoms with Crippen molar-refractivity contribution in [3.05, 3.63) is 58.4 Å². The van der Waals surface area contributed by atoms with E-state index in [0.717, 1.165) is 30.8 Å². The molecule has 1 N–H and O–H groups in total. The van der Waals surface area contributed by atoms with Crippen LogP contribution in [0.25, 0.3) is 0 Å². The van der Waals surface area contributed by atoms with Crippen molar-refractivity contribution in [1.29, 1.82) is 0 Å². The summed E-state index contributed by atoms with van der Waals surface area (Å²) in [6.07, 6.45) is 4.48. The van der Waals surface area contributed by atoms with E-state index in [-0.39, 0.29) is 0 Å². The van der Waals surface area contributed by atoms with Crippen molar-refractivity contribution in [3.63, 3.8) is 0 Å². The SMILES string of the molecule is CCCNCc1cc(C)ccc1OCc1ccncc1Cl. The third kappa shape index (κ3) is 4.73. The highest BCUT2D eigenvalue weighted by Crippen LogP contribution is 2.22. The molecule has 112 valence electrons. The Bertz CT molecular complexity index is 587. The van der Waals surface area contributed by atoms with Crippen LogP contribution in [-0.4, -0.2) is 11.5 Å². The molecule has 0 spiro atoms. The Morgan fingerprint density at radius 3 is 2.86 bits per heavy atom. The third-order valence-corrected chi connectivity index (χ3v) is 3.54. The van der Waals surface area contributed by atoms with Crippen molar-refractivity contribution in [3.8, 4) is 5.75 Å². The second-order valence-electron chi connectivity index (χ2n) is 5.04. The van der Waals surface area contributed by atoms with Crippen LogP contribution in [0.15, 0.2) is 36.7 Å². The number of hydrogen-bond donors (Lipinski definition) is 1. The standard InChI is InChI=1S/C17H21ClN2O/c1-3-7-19-10-15-9-13(2)4-5-17(15)21-12-14-6-8-20-11-16(14)18/h4-6,8-9,11,19H,3,7,10,12H2,1-2H3. The summed E-state index contributed by atoms with van der Waals surface area (Å²) in [7, 11) is 0. The van der Waals surface area contributed by atoms with Gasteiger partial charge in [-0.1, -0.05) is 36.2 Å². The van der Waals surface area contributed by atoms with Gasteiger partial charge in [0.05, 0.1) is 5.02 Å². The van der Waals surface area contributed by atoms with Crippen LogP contribution in [-0.2, 0) is 13.2 Å². The molecule has 0 aliphatic heterocycles. The van der Waals surface area contributed by atoms with Gasteiger partial charge in [0.25, 0.3) is 0 Å². The fourth-order valence-corrected chi connectivity index (χ4v) is 2.24. The maximum absolute atomic E-state index is 6.10. The highest BCUT2D eigenvalue weighted by atomic mass is 35.5. The number of benzene rings is 1. The van der Waals surface area contributed by atoms with Gasteiger partial charge in [-0.15, -0.1) is 0 Å². The Balaban J connectivity index is 2.06. The fourth-order valence-electron chi connectivity index (χ4n) is 2.06. The van der Waals surface area contributed by atoms with Gasteiger partial charge in [0.2, 0.25) is 0 Å². The summed E-state index contributed by atoms with van der Waals surface area (Å²) in [6.45, 7) is 6.52. The van der Waals surface area contributed by atoms with E-state index in [1.807, 2.05) is 12.1 Å². The lowest BCUT2D eigenvalue weighted by Gasteiger charge is -2.13. The molecule has 1 heterocycles. The van der Waals surface area contributed by atoms with Gasteiger partial charge in [-0.2, -0.15) is 0 Å². The average Bonchev–Trinajstić information content (AvgIpc) is 2.48. The Hall–Kier alpha value is -1.58. The molecular weight excluding hydrogens is 284 g/mol. The number of rotatable bonds is 7. The monoisotopic (exact) mass is 304 g/mol. The first-order valence-electron chi connectivity index (χ1n) is 7.22. The van der Waals surface area contributed by atoms with E-state index < -0.39 is 0 Å². The van der Waals surface area contributed by atoms with Crippen LogP contribution >= 0.6 is 11.6 Å². The Labute approximate surface area is 131 Å². The zero-order valence-electron chi connectivity index (χ0n) is 12.5. The quantitative estimate of drug-likeness (QED) is 0.781. The third-order valence-electron chi connectivity index (χ3n) is 3.20. The summed E-state index contributed by atoms with van der Waals surface area (Å²) < 4.78 is 5.94. The highest BCUT2D eigenvalue weighted by molar-refractivity contribution is 6.31. The number of hydrogen-bond acceptors (Lipinski definition) is 3. The van der Waals surface area contributed by atoms with Crippen LogP contribution in [0.2, 0.25) is 5.02 Å². The molecule has 0 saturated heterocycles. The molecule has 0 aliphatic rings. The minimum absolute atomic E-state index is 0.450. The Morgan fingerprint density at radius 2 is 2.10 bits per heavy atom. The molecular formula is C17H21ClN2O. The van der Waals surface area contributed by atoms with Gasteiger partial charge in [-0.05, 0) is 32.0 Å². The molecule has 2 rings (SSSR count). The largest absolute Gasteiger partial charge is 0.489 e. The topological polar surface area (TPSA) is 34.1 Å². The van der Waals surface area contributed by atoms with Crippen molar-refractivity contribution < 1.29 is 4.74 Å². The van der Waals surface area contributed by atoms with Crippen LogP contribution in [0.4, 0.5) is 0 Å². The summed E-state index contributed by atoms with van der Waals surface area (Å²) in [5, 5.41) is 4.05. The average molecular weight is 305 g/mol. The van der Waals surface area contributed by atoms with E-state index in [2.05, 4.69) is 36.3 Å². The molecule has 2 aromatic rings. The summed E-state index contributed by atoms with van der Waals surface area (Å²) in [5.41, 5.74) is 3.35. The van der Waals surface area contributed by atoms with Gasteiger partial charge in [0.1, 0.15) is 12.4 Å². The summed E-state index contributed by atoms with van der Waals surface area (Å²) >= 11 is 6.10. The first-order valence-corrected chi connectivity index (χ1v) is 7.60. The van der Waals surface area contributed by atoms with E-state index in [9.17, 15) is 0 Å². The van der Waals surface area contributed by atoms with Crippen LogP contribution in [0.5, 0.6) is 5.75 Å². The van der Waals surface area contributed by atoms with Crippen molar-refractivity contribution in [2.45, 2.75) is 33.4 Å². The number of aryl methyl sites for hydroxylation is 1. The predicted octanol–water partition coefficient (Wildman–Crippen LogP) is 4.12. The fraction of sp³-hybridized carbons (Fsp3) is 0.353. The predicted molar refractivity (Wildman–Crippen MR) is 86.8 cm³/mol. The molecule has 3 nitrogen and oxygen atoms in total. The molecule has 0 unspecified atom stereocenters. The van der Waals surface area contributed by atoms with Crippen molar-refractivity contribution in [2.75, 3.05) is 6.54 Å². The minimum atomic E-state index is 0.450. The highest BCUT2D eigenvalue weighted by Gasteiger charge is 2.06. The minimum Gasteiger partial charge on any atom is -0.489 e. The number of halogens is 1. The van der Waals surface area contributed by atoms with Gasteiger partial charge >= 0.3 is 0 Å². The van der Waals surface area contributed by atoms with Gasteiger partial charge < -0.3 is 10.1 Å². The van der Waals surface area contributed by atoms with E-state index >= 15 is 0 Å². The molecule has 1 aromatic carbocycles. The molecule has 0 aliphatic carbocycles. The number of nitrogens with zero attached hydrogens (tertiary/aromatic N) is 1. The molecule has 0 fully saturated rings. The van der Waals surface area contributed by atoms with Crippen molar-refractivity contribution in [2.24, 2.45) is 0 Å². The second-order valence-corrected chi connectivity index (χ2v) is 5.45. The van der Waals surface area contributed by atoms with Gasteiger partial charge in [0.15, 0.2) is 0 Å². The van der Waals surface area contributed by atoms with E-state index in [1.54, 1.807) is 12.4 Å². The lowest BCUT2D eigenvalue weighted by Crippen LogP contribution is -2.14. The molecule has 21 heavy (non-hydrogen) atoms. The van der Waals surface area contributed by atoms with Crippen molar-refractivity contribution >= 4 is 11.6 Å². The maximum atomic E-state index is 6.10. The second kappa shape index (κ2) is 8.01. The number of nitrogens with one attached hydrogen (secondary N) is 1. The molecule has 0 amide bonds. The lowest BCUT2D eigenvalue weighted by molar-refractivity contribution is 0.302. The van der Waals surface area contributed by atoms with Crippen LogP contribution in [0.3, 0.4) is 0 Å². The molecule has 1 aromatic heterocycles. The van der Waals surface area contributed by atoms with Crippen LogP contribution < -0.4 is 10.1 Å². The first-order chi connectivity index (χ1) is 10.2. The zero-order valence-corrected chi connectivity index (χ0v) is 13.3. The lowest BCUT2D eigenvalue weighted by atomic mass is 10.1. The van der Waals surface area contributed by atoms with Crippen LogP contribution in [0, 0.1) is 6.92 Å². The summed E-state index contributed by atoms with van der Waals surface area (Å²) in [5.74, 6) is 0.900. The number of ether oxygens (including phenoxy) is 1. The number of pyridine rings is 1. The number of aromatic nitrogens is 1. The molecule has 0 saturated carbocycles. The van der Waals surface area contributed by atoms with Crippen molar-refractivity contribution in [1.82, 2.24) is 10.3 Å². The smallest absolute Gasteiger partial charge is 0.124 e. The molecule has 0 bridgehead atoms. The maximum Gasteiger partial charge on any atom is 0.124 e. The molecule has 4 heteroatoms. The Kier molecular flexibility index (Phi) is 6.03. The zero-order chi connectivity index (χ0) is 15.1. The normalized spacial score (nSPS) is 10.6. The van der Waals surface area contributed by atoms with Gasteiger partial charge in [-0.25, -0.2) is 0 Å². The summed E-state index contributed by atoms with van der Waals surface area (Å²) in [4.78, 5) is 3.98. The molecule has 0 atom stereocenters. The van der Waals surface area contributed by atoms with E-state index in [4.69, 9.17) is 16.3 Å². The van der Waals surface area contributed by atoms with E-state index in [0.29, 0.717) is 11.6 Å². The summed E-state index contributed by atoms with van der Waals surface area (Å²) in [6, 6.07) is 8.12. The van der Waals surface area contributed by atoms with E-state index in [1.165, 1.54) is 11.1 Å². The van der Waals surface area contributed by atoms with Gasteiger partial charge in [0, 0.05) is 30.1 Å².